The quantitative estimate of drug-likeness (QED) is 0.548. The maximum absolute atomic E-state index is 13.7. The molecule has 0 fully saturated rings. The van der Waals surface area contributed by atoms with Crippen LogP contribution in [0.1, 0.15) is 36.4 Å². The highest BCUT2D eigenvalue weighted by molar-refractivity contribution is 7.89. The van der Waals surface area contributed by atoms with Crippen LogP contribution in [0.5, 0.6) is 0 Å². The van der Waals surface area contributed by atoms with Crippen LogP contribution in [0, 0.1) is 5.92 Å². The van der Waals surface area contributed by atoms with Crippen LogP contribution < -0.4 is 0 Å². The minimum Gasteiger partial charge on any atom is -0.200 e. The molecule has 3 aromatic carbocycles. The first kappa shape index (κ1) is 19.8. The number of benzene rings is 3. The van der Waals surface area contributed by atoms with Crippen LogP contribution in [0.2, 0.25) is 0 Å². The molecule has 3 unspecified atom stereocenters. The molecule has 4 nitrogen and oxygen atoms in total. The van der Waals surface area contributed by atoms with E-state index in [1.165, 1.54) is 15.6 Å². The van der Waals surface area contributed by atoms with Gasteiger partial charge in [0.2, 0.25) is 0 Å². The number of hydrazone groups is 1. The first-order chi connectivity index (χ1) is 15.1. The molecule has 0 radical (unpaired) electrons. The summed E-state index contributed by atoms with van der Waals surface area (Å²) in [7, 11) is -3.80. The molecule has 1 heterocycles. The van der Waals surface area contributed by atoms with Crippen molar-refractivity contribution in [1.82, 2.24) is 4.41 Å². The van der Waals surface area contributed by atoms with Gasteiger partial charge < -0.3 is 0 Å². The van der Waals surface area contributed by atoms with Crippen LogP contribution in [-0.2, 0) is 10.0 Å². The third-order valence-electron chi connectivity index (χ3n) is 6.16. The minimum atomic E-state index is -3.80. The van der Waals surface area contributed by atoms with Gasteiger partial charge in [-0.3, -0.25) is 0 Å². The first-order valence-corrected chi connectivity index (χ1v) is 11.9. The third-order valence-corrected chi connectivity index (χ3v) is 7.83. The molecule has 0 saturated heterocycles. The van der Waals surface area contributed by atoms with Crippen molar-refractivity contribution in [2.75, 3.05) is 0 Å². The average Bonchev–Trinajstić information content (AvgIpc) is 3.20. The molecular weight excluding hydrogens is 404 g/mol. The Morgan fingerprint density at radius 1 is 0.806 bits per heavy atom. The van der Waals surface area contributed by atoms with Crippen molar-refractivity contribution < 1.29 is 8.42 Å². The van der Waals surface area contributed by atoms with Crippen molar-refractivity contribution in [3.63, 3.8) is 0 Å². The molecule has 0 aromatic heterocycles. The van der Waals surface area contributed by atoms with Gasteiger partial charge in [0.1, 0.15) is 0 Å². The molecule has 3 atom stereocenters. The summed E-state index contributed by atoms with van der Waals surface area (Å²) in [5, 5.41) is 4.73. The van der Waals surface area contributed by atoms with E-state index in [9.17, 15) is 8.42 Å². The smallest absolute Gasteiger partial charge is 0.200 e. The van der Waals surface area contributed by atoms with E-state index in [4.69, 9.17) is 5.10 Å². The maximum Gasteiger partial charge on any atom is 0.279 e. The summed E-state index contributed by atoms with van der Waals surface area (Å²) in [6, 6.07) is 28.5. The van der Waals surface area contributed by atoms with Crippen molar-refractivity contribution in [2.24, 2.45) is 11.0 Å². The molecule has 2 aliphatic rings. The lowest BCUT2D eigenvalue weighted by Crippen LogP contribution is -2.34. The normalized spacial score (nSPS) is 23.1. The Kier molecular flexibility index (Phi) is 4.98. The Balaban J connectivity index is 1.68. The van der Waals surface area contributed by atoms with Crippen LogP contribution in [0.3, 0.4) is 0 Å². The zero-order chi connectivity index (χ0) is 21.4. The number of hydrogen-bond donors (Lipinski definition) is 0. The standard InChI is InChI=1S/C26H24N2O2S/c1-19-17-23(20-11-5-2-6-12-20)25-24(18-19)27-28(26(25)21-13-7-3-8-14-21)31(29,30)22-15-9-4-10-16-22/h2-16,18,23,25-26H,17H2,1H3. The van der Waals surface area contributed by atoms with Gasteiger partial charge in [0.25, 0.3) is 10.0 Å². The lowest BCUT2D eigenvalue weighted by molar-refractivity contribution is 0.297. The summed E-state index contributed by atoms with van der Waals surface area (Å²) < 4.78 is 28.7. The molecular formula is C26H24N2O2S. The molecule has 0 saturated carbocycles. The summed E-state index contributed by atoms with van der Waals surface area (Å²) in [4.78, 5) is 0.260. The molecule has 3 aromatic rings. The summed E-state index contributed by atoms with van der Waals surface area (Å²) in [6.07, 6.45) is 2.96. The Hall–Kier alpha value is -3.18. The summed E-state index contributed by atoms with van der Waals surface area (Å²) >= 11 is 0. The monoisotopic (exact) mass is 428 g/mol. The van der Waals surface area contributed by atoms with Crippen molar-refractivity contribution in [3.8, 4) is 0 Å². The molecule has 0 bridgehead atoms. The lowest BCUT2D eigenvalue weighted by Gasteiger charge is -2.35. The van der Waals surface area contributed by atoms with E-state index in [0.717, 1.165) is 17.7 Å². The van der Waals surface area contributed by atoms with Crippen molar-refractivity contribution in [2.45, 2.75) is 30.2 Å². The Morgan fingerprint density at radius 3 is 1.97 bits per heavy atom. The van der Waals surface area contributed by atoms with Crippen molar-refractivity contribution in [3.05, 3.63) is 114 Å². The van der Waals surface area contributed by atoms with Gasteiger partial charge in [0.05, 0.1) is 16.6 Å². The number of hydrogen-bond acceptors (Lipinski definition) is 3. The SMILES string of the molecule is CC1=CC2=NN(S(=O)(=O)c3ccccc3)C(c3ccccc3)C2C(c2ccccc2)C1. The molecule has 1 aliphatic carbocycles. The number of allylic oxidation sites excluding steroid dienone is 2. The van der Waals surface area contributed by atoms with E-state index in [2.05, 4.69) is 25.1 Å². The van der Waals surface area contributed by atoms with Crippen LogP contribution in [0.15, 0.2) is 113 Å². The Labute approximate surface area is 183 Å². The van der Waals surface area contributed by atoms with Gasteiger partial charge >= 0.3 is 0 Å². The summed E-state index contributed by atoms with van der Waals surface area (Å²) in [5.74, 6) is 0.109. The molecule has 1 aliphatic heterocycles. The second-order valence-corrected chi connectivity index (χ2v) is 10.0. The van der Waals surface area contributed by atoms with Crippen molar-refractivity contribution >= 4 is 15.7 Å². The third kappa shape index (κ3) is 3.49. The predicted molar refractivity (Wildman–Crippen MR) is 123 cm³/mol. The van der Waals surface area contributed by atoms with Crippen LogP contribution >= 0.6 is 0 Å². The maximum atomic E-state index is 13.7. The zero-order valence-corrected chi connectivity index (χ0v) is 18.1. The van der Waals surface area contributed by atoms with E-state index in [0.29, 0.717) is 0 Å². The second kappa shape index (κ2) is 7.82. The highest BCUT2D eigenvalue weighted by Crippen LogP contribution is 2.50. The first-order valence-electron chi connectivity index (χ1n) is 10.5. The largest absolute Gasteiger partial charge is 0.279 e. The fraction of sp³-hybridized carbons (Fsp3) is 0.192. The summed E-state index contributed by atoms with van der Waals surface area (Å²) in [6.45, 7) is 2.10. The fourth-order valence-corrected chi connectivity index (χ4v) is 6.26. The highest BCUT2D eigenvalue weighted by atomic mass is 32.2. The van der Waals surface area contributed by atoms with Crippen LogP contribution in [0.25, 0.3) is 0 Å². The Morgan fingerprint density at radius 2 is 1.35 bits per heavy atom. The topological polar surface area (TPSA) is 49.7 Å². The molecule has 156 valence electrons. The predicted octanol–water partition coefficient (Wildman–Crippen LogP) is 5.54. The molecule has 5 heteroatoms. The number of rotatable bonds is 4. The van der Waals surface area contributed by atoms with Crippen LogP contribution in [-0.4, -0.2) is 18.5 Å². The number of sulfonamides is 1. The highest BCUT2D eigenvalue weighted by Gasteiger charge is 2.48. The van der Waals surface area contributed by atoms with Gasteiger partial charge in [-0.1, -0.05) is 84.4 Å². The van der Waals surface area contributed by atoms with Crippen molar-refractivity contribution in [1.29, 1.82) is 0 Å². The van der Waals surface area contributed by atoms with E-state index < -0.39 is 16.1 Å². The van der Waals surface area contributed by atoms with Gasteiger partial charge in [-0.15, -0.1) is 0 Å². The van der Waals surface area contributed by atoms with Gasteiger partial charge in [0.15, 0.2) is 0 Å². The number of nitrogens with zero attached hydrogens (tertiary/aromatic N) is 2. The molecule has 0 amide bonds. The van der Waals surface area contributed by atoms with E-state index >= 15 is 0 Å². The lowest BCUT2D eigenvalue weighted by atomic mass is 9.71. The molecule has 31 heavy (non-hydrogen) atoms. The van der Waals surface area contributed by atoms with E-state index in [1.54, 1.807) is 24.3 Å². The Bertz CT molecular complexity index is 1240. The van der Waals surface area contributed by atoms with Crippen LogP contribution in [0.4, 0.5) is 0 Å². The van der Waals surface area contributed by atoms with Gasteiger partial charge in [0, 0.05) is 5.92 Å². The van der Waals surface area contributed by atoms with E-state index in [-0.39, 0.29) is 16.7 Å². The van der Waals surface area contributed by atoms with Gasteiger partial charge in [-0.05, 0) is 48.6 Å². The fourth-order valence-electron chi connectivity index (χ4n) is 4.79. The average molecular weight is 429 g/mol. The van der Waals surface area contributed by atoms with Gasteiger partial charge in [-0.2, -0.15) is 17.9 Å². The molecule has 0 N–H and O–H groups in total. The minimum absolute atomic E-state index is 0.0491. The molecule has 0 spiro atoms. The summed E-state index contributed by atoms with van der Waals surface area (Å²) in [5.41, 5.74) is 4.23. The van der Waals surface area contributed by atoms with Gasteiger partial charge in [-0.25, -0.2) is 0 Å². The second-order valence-electron chi connectivity index (χ2n) is 8.21. The molecule has 5 rings (SSSR count). The zero-order valence-electron chi connectivity index (χ0n) is 17.3. The van der Waals surface area contributed by atoms with E-state index in [1.807, 2.05) is 54.6 Å². The number of fused-ring (bicyclic) bond motifs is 1.